The first-order chi connectivity index (χ1) is 10.9. The molecule has 0 radical (unpaired) electrons. The van der Waals surface area contributed by atoms with Crippen LogP contribution in [-0.4, -0.2) is 25.4 Å². The summed E-state index contributed by atoms with van der Waals surface area (Å²) in [5, 5.41) is 6.36. The van der Waals surface area contributed by atoms with Crippen molar-refractivity contribution in [2.24, 2.45) is 0 Å². The molecule has 0 bridgehead atoms. The Morgan fingerprint density at radius 2 is 2.00 bits per heavy atom. The van der Waals surface area contributed by atoms with E-state index < -0.39 is 27.1 Å². The lowest BCUT2D eigenvalue weighted by Crippen LogP contribution is -2.19. The second-order valence-electron chi connectivity index (χ2n) is 4.63. The fourth-order valence-corrected chi connectivity index (χ4v) is 2.67. The molecule has 0 aliphatic heterocycles. The molecule has 2 rings (SSSR count). The average molecular weight is 345 g/mol. The number of rotatable bonds is 6. The molecule has 23 heavy (non-hydrogen) atoms. The van der Waals surface area contributed by atoms with Crippen LogP contribution in [0.4, 0.5) is 18.9 Å². The van der Waals surface area contributed by atoms with Crippen molar-refractivity contribution in [3.05, 3.63) is 42.7 Å². The number of carbonyl (C=O) groups excluding carboxylic acids is 1. The zero-order valence-corrected chi connectivity index (χ0v) is 12.7. The molecule has 1 N–H and O–H groups in total. The van der Waals surface area contributed by atoms with Gasteiger partial charge in [0.1, 0.15) is 0 Å². The number of aromatic nitrogens is 2. The molecule has 1 aromatic heterocycles. The van der Waals surface area contributed by atoms with Gasteiger partial charge in [0, 0.05) is 25.4 Å². The normalized spacial score (nSPS) is 12.8. The highest BCUT2D eigenvalue weighted by molar-refractivity contribution is 7.86. The molecule has 1 amide bonds. The monoisotopic (exact) mass is 345 g/mol. The van der Waals surface area contributed by atoms with Gasteiger partial charge in [-0.3, -0.25) is 9.48 Å². The van der Waals surface area contributed by atoms with Crippen molar-refractivity contribution < 1.29 is 22.2 Å². The highest BCUT2D eigenvalue weighted by atomic mass is 32.2. The highest BCUT2D eigenvalue weighted by Crippen LogP contribution is 2.30. The molecule has 1 unspecified atom stereocenters. The third-order valence-corrected chi connectivity index (χ3v) is 4.10. The first-order valence-corrected chi connectivity index (χ1v) is 7.88. The minimum atomic E-state index is -4.87. The maximum absolute atomic E-state index is 12.6. The van der Waals surface area contributed by atoms with E-state index in [1.165, 1.54) is 18.2 Å². The first kappa shape index (κ1) is 17.2. The van der Waals surface area contributed by atoms with Gasteiger partial charge in [-0.05, 0) is 24.6 Å². The number of hydrogen-bond donors (Lipinski definition) is 1. The number of alkyl halides is 3. The Morgan fingerprint density at radius 1 is 1.26 bits per heavy atom. The van der Waals surface area contributed by atoms with Crippen LogP contribution in [0.5, 0.6) is 0 Å². The molecule has 1 aromatic carbocycles. The van der Waals surface area contributed by atoms with Crippen LogP contribution in [0.25, 0.3) is 0 Å². The fourth-order valence-electron chi connectivity index (χ4n) is 1.90. The number of nitrogens with zero attached hydrogens (tertiary/aromatic N) is 2. The molecular formula is C14H14F3N3O2S. The second kappa shape index (κ2) is 7.40. The quantitative estimate of drug-likeness (QED) is 0.875. The third-order valence-electron chi connectivity index (χ3n) is 2.92. The minimum absolute atomic E-state index is 0.0905. The van der Waals surface area contributed by atoms with Crippen LogP contribution in [0.3, 0.4) is 0 Å². The Hall–Kier alpha value is -2.16. The van der Waals surface area contributed by atoms with Gasteiger partial charge in [-0.1, -0.05) is 12.1 Å². The number of amides is 1. The molecule has 124 valence electrons. The molecule has 9 heteroatoms. The molecule has 0 spiro atoms. The molecule has 2 aromatic rings. The smallest absolute Gasteiger partial charge is 0.325 e. The Morgan fingerprint density at radius 3 is 2.65 bits per heavy atom. The summed E-state index contributed by atoms with van der Waals surface area (Å²) in [6, 6.07) is 6.94. The van der Waals surface area contributed by atoms with Crippen LogP contribution in [0.2, 0.25) is 0 Å². The van der Waals surface area contributed by atoms with Gasteiger partial charge >= 0.3 is 5.51 Å². The molecule has 0 fully saturated rings. The minimum Gasteiger partial charge on any atom is -0.325 e. The van der Waals surface area contributed by atoms with E-state index >= 15 is 0 Å². The summed E-state index contributed by atoms with van der Waals surface area (Å²) in [4.78, 5) is 11.4. The van der Waals surface area contributed by atoms with Gasteiger partial charge in [0.2, 0.25) is 5.91 Å². The summed E-state index contributed by atoms with van der Waals surface area (Å²) in [5.41, 5.74) is -4.96. The highest BCUT2D eigenvalue weighted by Gasteiger charge is 2.39. The standard InChI is InChI=1S/C14H14F3N3O2S/c15-14(16,17)23(22)12-6-2-1-5-11(12)19-13(21)7-3-9-20-10-4-8-18-20/h1-2,4-6,8,10H,3,7,9H2,(H,19,21). The van der Waals surface area contributed by atoms with Crippen LogP contribution >= 0.6 is 0 Å². The van der Waals surface area contributed by atoms with Crippen LogP contribution in [0.15, 0.2) is 47.6 Å². The molecule has 0 aliphatic rings. The van der Waals surface area contributed by atoms with Crippen molar-refractivity contribution in [3.63, 3.8) is 0 Å². The predicted octanol–water partition coefficient (Wildman–Crippen LogP) is 2.93. The van der Waals surface area contributed by atoms with Crippen molar-refractivity contribution in [2.45, 2.75) is 29.8 Å². The number of para-hydroxylation sites is 1. The maximum atomic E-state index is 12.6. The molecule has 0 saturated carbocycles. The van der Waals surface area contributed by atoms with Gasteiger partial charge in [0.05, 0.1) is 10.6 Å². The third kappa shape index (κ3) is 4.92. The maximum Gasteiger partial charge on any atom is 0.475 e. The van der Waals surface area contributed by atoms with E-state index in [4.69, 9.17) is 0 Å². The summed E-state index contributed by atoms with van der Waals surface area (Å²) in [5.74, 6) is -0.441. The topological polar surface area (TPSA) is 64.0 Å². The van der Waals surface area contributed by atoms with Gasteiger partial charge in [0.25, 0.3) is 0 Å². The van der Waals surface area contributed by atoms with Gasteiger partial charge < -0.3 is 5.32 Å². The number of halogens is 3. The molecule has 0 aliphatic carbocycles. The largest absolute Gasteiger partial charge is 0.475 e. The van der Waals surface area contributed by atoms with E-state index in [9.17, 15) is 22.2 Å². The Bertz CT molecular complexity index is 687. The number of aryl methyl sites for hydroxylation is 1. The van der Waals surface area contributed by atoms with Gasteiger partial charge in [-0.15, -0.1) is 0 Å². The number of hydrogen-bond acceptors (Lipinski definition) is 3. The first-order valence-electron chi connectivity index (χ1n) is 6.73. The zero-order chi connectivity index (χ0) is 16.9. The van der Waals surface area contributed by atoms with E-state index in [0.29, 0.717) is 13.0 Å². The van der Waals surface area contributed by atoms with E-state index in [1.54, 1.807) is 23.1 Å². The average Bonchev–Trinajstić information content (AvgIpc) is 2.99. The van der Waals surface area contributed by atoms with E-state index in [2.05, 4.69) is 10.4 Å². The van der Waals surface area contributed by atoms with Crippen molar-refractivity contribution >= 4 is 22.4 Å². The van der Waals surface area contributed by atoms with Crippen molar-refractivity contribution in [1.29, 1.82) is 0 Å². The lowest BCUT2D eigenvalue weighted by molar-refractivity contribution is -0.116. The summed E-state index contributed by atoms with van der Waals surface area (Å²) in [7, 11) is -3.19. The summed E-state index contributed by atoms with van der Waals surface area (Å²) >= 11 is 0. The lowest BCUT2D eigenvalue weighted by atomic mass is 10.2. The van der Waals surface area contributed by atoms with Crippen LogP contribution < -0.4 is 5.32 Å². The van der Waals surface area contributed by atoms with E-state index in [0.717, 1.165) is 6.07 Å². The summed E-state index contributed by atoms with van der Waals surface area (Å²) in [6.45, 7) is 0.524. The summed E-state index contributed by atoms with van der Waals surface area (Å²) in [6.07, 6.45) is 3.97. The molecule has 0 saturated heterocycles. The SMILES string of the molecule is O=C(CCCn1cccn1)Nc1ccccc1S(=O)C(F)(F)F. The Kier molecular flexibility index (Phi) is 5.54. The second-order valence-corrected chi connectivity index (χ2v) is 6.07. The molecule has 5 nitrogen and oxygen atoms in total. The zero-order valence-electron chi connectivity index (χ0n) is 11.9. The van der Waals surface area contributed by atoms with Gasteiger partial charge in [-0.2, -0.15) is 18.3 Å². The van der Waals surface area contributed by atoms with E-state index in [1.807, 2.05) is 0 Å². The molecule has 1 atom stereocenters. The van der Waals surface area contributed by atoms with Crippen molar-refractivity contribution in [3.8, 4) is 0 Å². The van der Waals surface area contributed by atoms with Gasteiger partial charge in [0.15, 0.2) is 10.8 Å². The number of nitrogens with one attached hydrogen (secondary N) is 1. The number of carbonyl (C=O) groups is 1. The van der Waals surface area contributed by atoms with Gasteiger partial charge in [-0.25, -0.2) is 4.21 Å². The Balaban J connectivity index is 1.97. The van der Waals surface area contributed by atoms with Crippen LogP contribution in [0.1, 0.15) is 12.8 Å². The molecule has 1 heterocycles. The lowest BCUT2D eigenvalue weighted by Gasteiger charge is -2.12. The predicted molar refractivity (Wildman–Crippen MR) is 79.0 cm³/mol. The van der Waals surface area contributed by atoms with E-state index in [-0.39, 0.29) is 12.1 Å². The van der Waals surface area contributed by atoms with Crippen molar-refractivity contribution in [1.82, 2.24) is 9.78 Å². The van der Waals surface area contributed by atoms with Crippen molar-refractivity contribution in [2.75, 3.05) is 5.32 Å². The van der Waals surface area contributed by atoms with Crippen LogP contribution in [-0.2, 0) is 22.1 Å². The summed E-state index contributed by atoms with van der Waals surface area (Å²) < 4.78 is 50.9. The number of benzene rings is 1. The molecular weight excluding hydrogens is 331 g/mol. The fraction of sp³-hybridized carbons (Fsp3) is 0.286. The Labute approximate surface area is 133 Å². The number of anilines is 1. The van der Waals surface area contributed by atoms with Crippen LogP contribution in [0, 0.1) is 0 Å².